The number of benzene rings is 1. The standard InChI is InChI=1S/C10H12N2O3/c1-15-12-9(10(11)14)8-5-3-2-4-7(8)6-13/h2-5,13H,6H2,1H3,(H2,11,14). The second-order valence-corrected chi connectivity index (χ2v) is 2.80. The number of nitrogens with two attached hydrogens (primary N) is 1. The van der Waals surface area contributed by atoms with Crippen LogP contribution >= 0.6 is 0 Å². The van der Waals surface area contributed by atoms with Crippen molar-refractivity contribution in [3.05, 3.63) is 35.4 Å². The van der Waals surface area contributed by atoms with Gasteiger partial charge in [-0.2, -0.15) is 0 Å². The van der Waals surface area contributed by atoms with Crippen molar-refractivity contribution in [2.45, 2.75) is 6.61 Å². The van der Waals surface area contributed by atoms with Crippen molar-refractivity contribution in [2.24, 2.45) is 10.9 Å². The van der Waals surface area contributed by atoms with E-state index in [1.807, 2.05) is 0 Å². The number of carbonyl (C=O) groups is 1. The van der Waals surface area contributed by atoms with E-state index >= 15 is 0 Å². The molecule has 1 rings (SSSR count). The number of hydrogen-bond donors (Lipinski definition) is 2. The van der Waals surface area contributed by atoms with Crippen LogP contribution < -0.4 is 5.73 Å². The Bertz CT molecular complexity index is 388. The van der Waals surface area contributed by atoms with E-state index in [1.54, 1.807) is 24.3 Å². The van der Waals surface area contributed by atoms with Gasteiger partial charge in [0.2, 0.25) is 0 Å². The van der Waals surface area contributed by atoms with Crippen LogP contribution in [-0.4, -0.2) is 23.8 Å². The van der Waals surface area contributed by atoms with E-state index in [9.17, 15) is 4.79 Å². The molecule has 0 saturated heterocycles. The van der Waals surface area contributed by atoms with Crippen LogP contribution in [0.3, 0.4) is 0 Å². The minimum atomic E-state index is -0.697. The highest BCUT2D eigenvalue weighted by Crippen LogP contribution is 2.10. The van der Waals surface area contributed by atoms with Gasteiger partial charge in [0.1, 0.15) is 7.11 Å². The Balaban J connectivity index is 3.22. The Hall–Kier alpha value is -1.88. The zero-order valence-electron chi connectivity index (χ0n) is 8.30. The summed E-state index contributed by atoms with van der Waals surface area (Å²) in [6.45, 7) is -0.188. The molecule has 5 heteroatoms. The fraction of sp³-hybridized carbons (Fsp3) is 0.200. The SMILES string of the molecule is CON=C(C(N)=O)c1ccccc1CO. The van der Waals surface area contributed by atoms with Gasteiger partial charge < -0.3 is 15.7 Å². The summed E-state index contributed by atoms with van der Waals surface area (Å²) in [5.74, 6) is -0.697. The molecule has 5 nitrogen and oxygen atoms in total. The highest BCUT2D eigenvalue weighted by molar-refractivity contribution is 6.45. The Morgan fingerprint density at radius 1 is 1.53 bits per heavy atom. The molecule has 0 aromatic heterocycles. The summed E-state index contributed by atoms with van der Waals surface area (Å²) in [7, 11) is 1.32. The maximum Gasteiger partial charge on any atom is 0.271 e. The molecule has 0 atom stereocenters. The van der Waals surface area contributed by atoms with Crippen LogP contribution in [0, 0.1) is 0 Å². The van der Waals surface area contributed by atoms with Crippen LogP contribution in [0.1, 0.15) is 11.1 Å². The maximum absolute atomic E-state index is 11.1. The molecule has 0 fully saturated rings. The van der Waals surface area contributed by atoms with Gasteiger partial charge in [0.25, 0.3) is 5.91 Å². The van der Waals surface area contributed by atoms with Crippen molar-refractivity contribution in [2.75, 3.05) is 7.11 Å². The second kappa shape index (κ2) is 5.11. The summed E-state index contributed by atoms with van der Waals surface area (Å²) in [5.41, 5.74) is 6.21. The number of aliphatic hydroxyl groups is 1. The minimum Gasteiger partial charge on any atom is -0.398 e. The lowest BCUT2D eigenvalue weighted by molar-refractivity contribution is -0.112. The average Bonchev–Trinajstić information content (AvgIpc) is 2.25. The lowest BCUT2D eigenvalue weighted by atomic mass is 10.0. The van der Waals surface area contributed by atoms with E-state index in [0.29, 0.717) is 11.1 Å². The van der Waals surface area contributed by atoms with Gasteiger partial charge in [-0.1, -0.05) is 29.4 Å². The van der Waals surface area contributed by atoms with Crippen molar-refractivity contribution >= 4 is 11.6 Å². The Kier molecular flexibility index (Phi) is 3.82. The van der Waals surface area contributed by atoms with Gasteiger partial charge in [0.15, 0.2) is 5.71 Å². The molecular formula is C10H12N2O3. The van der Waals surface area contributed by atoms with Crippen molar-refractivity contribution < 1.29 is 14.7 Å². The number of nitrogens with zero attached hydrogens (tertiary/aromatic N) is 1. The number of primary amides is 1. The monoisotopic (exact) mass is 208 g/mol. The Morgan fingerprint density at radius 2 is 2.20 bits per heavy atom. The quantitative estimate of drug-likeness (QED) is 0.540. The topological polar surface area (TPSA) is 84.9 Å². The van der Waals surface area contributed by atoms with E-state index in [1.165, 1.54) is 7.11 Å². The van der Waals surface area contributed by atoms with Gasteiger partial charge in [-0.25, -0.2) is 0 Å². The number of rotatable bonds is 4. The third kappa shape index (κ3) is 2.54. The predicted octanol–water partition coefficient (Wildman–Crippen LogP) is 0.0147. The zero-order chi connectivity index (χ0) is 11.3. The molecule has 15 heavy (non-hydrogen) atoms. The molecule has 0 spiro atoms. The first kappa shape index (κ1) is 11.2. The van der Waals surface area contributed by atoms with Crippen LogP contribution in [0.15, 0.2) is 29.4 Å². The third-order valence-corrected chi connectivity index (χ3v) is 1.86. The number of oxime groups is 1. The molecule has 0 aliphatic rings. The molecule has 1 amide bonds. The molecule has 1 aromatic carbocycles. The largest absolute Gasteiger partial charge is 0.398 e. The first-order chi connectivity index (χ1) is 7.20. The normalized spacial score (nSPS) is 11.2. The molecule has 0 saturated carbocycles. The molecule has 80 valence electrons. The summed E-state index contributed by atoms with van der Waals surface area (Å²) in [4.78, 5) is 15.6. The van der Waals surface area contributed by atoms with E-state index < -0.39 is 5.91 Å². The van der Waals surface area contributed by atoms with Crippen molar-refractivity contribution in [1.29, 1.82) is 0 Å². The van der Waals surface area contributed by atoms with E-state index in [4.69, 9.17) is 10.8 Å². The molecule has 0 aliphatic heterocycles. The summed E-state index contributed by atoms with van der Waals surface area (Å²) in [5, 5.41) is 12.6. The summed E-state index contributed by atoms with van der Waals surface area (Å²) < 4.78 is 0. The van der Waals surface area contributed by atoms with Gasteiger partial charge in [0, 0.05) is 5.56 Å². The van der Waals surface area contributed by atoms with E-state index in [0.717, 1.165) is 0 Å². The van der Waals surface area contributed by atoms with Crippen molar-refractivity contribution in [1.82, 2.24) is 0 Å². The molecule has 0 radical (unpaired) electrons. The smallest absolute Gasteiger partial charge is 0.271 e. The first-order valence-electron chi connectivity index (χ1n) is 4.30. The van der Waals surface area contributed by atoms with Gasteiger partial charge in [-0.05, 0) is 5.56 Å². The lowest BCUT2D eigenvalue weighted by Gasteiger charge is -2.06. The van der Waals surface area contributed by atoms with E-state index in [2.05, 4.69) is 9.99 Å². The van der Waals surface area contributed by atoms with Crippen molar-refractivity contribution in [3.63, 3.8) is 0 Å². The summed E-state index contributed by atoms with van der Waals surface area (Å²) in [6.07, 6.45) is 0. The van der Waals surface area contributed by atoms with Crippen molar-refractivity contribution in [3.8, 4) is 0 Å². The number of carbonyl (C=O) groups excluding carboxylic acids is 1. The number of amides is 1. The van der Waals surface area contributed by atoms with Crippen LogP contribution in [0.2, 0.25) is 0 Å². The lowest BCUT2D eigenvalue weighted by Crippen LogP contribution is -2.25. The molecule has 0 bridgehead atoms. The molecule has 3 N–H and O–H groups in total. The van der Waals surface area contributed by atoms with Crippen LogP contribution in [0.5, 0.6) is 0 Å². The molecule has 0 heterocycles. The molecule has 0 unspecified atom stereocenters. The zero-order valence-corrected chi connectivity index (χ0v) is 8.30. The average molecular weight is 208 g/mol. The molecule has 0 aliphatic carbocycles. The highest BCUT2D eigenvalue weighted by Gasteiger charge is 2.14. The Morgan fingerprint density at radius 3 is 2.73 bits per heavy atom. The van der Waals surface area contributed by atoms with Crippen LogP contribution in [-0.2, 0) is 16.2 Å². The molecule has 1 aromatic rings. The van der Waals surface area contributed by atoms with Crippen LogP contribution in [0.25, 0.3) is 0 Å². The first-order valence-corrected chi connectivity index (χ1v) is 4.30. The fourth-order valence-electron chi connectivity index (χ4n) is 1.21. The highest BCUT2D eigenvalue weighted by atomic mass is 16.6. The fourth-order valence-corrected chi connectivity index (χ4v) is 1.21. The van der Waals surface area contributed by atoms with Gasteiger partial charge >= 0.3 is 0 Å². The van der Waals surface area contributed by atoms with Gasteiger partial charge in [-0.15, -0.1) is 0 Å². The van der Waals surface area contributed by atoms with Gasteiger partial charge in [-0.3, -0.25) is 4.79 Å². The number of aliphatic hydroxyl groups excluding tert-OH is 1. The second-order valence-electron chi connectivity index (χ2n) is 2.80. The van der Waals surface area contributed by atoms with E-state index in [-0.39, 0.29) is 12.3 Å². The predicted molar refractivity (Wildman–Crippen MR) is 55.1 cm³/mol. The number of hydrogen-bond acceptors (Lipinski definition) is 4. The minimum absolute atomic E-state index is 0.00199. The maximum atomic E-state index is 11.1. The summed E-state index contributed by atoms with van der Waals surface area (Å²) >= 11 is 0. The third-order valence-electron chi connectivity index (χ3n) is 1.86. The Labute approximate surface area is 87.1 Å². The summed E-state index contributed by atoms with van der Waals surface area (Å²) in [6, 6.07) is 6.81. The molecular weight excluding hydrogens is 196 g/mol. The van der Waals surface area contributed by atoms with Crippen LogP contribution in [0.4, 0.5) is 0 Å². The van der Waals surface area contributed by atoms with Gasteiger partial charge in [0.05, 0.1) is 6.61 Å².